The van der Waals surface area contributed by atoms with Crippen LogP contribution in [0.4, 0.5) is 52.7 Å². The van der Waals surface area contributed by atoms with Crippen LogP contribution < -0.4 is 0 Å². The summed E-state index contributed by atoms with van der Waals surface area (Å²) in [6.45, 7) is -0.165. The van der Waals surface area contributed by atoms with Crippen molar-refractivity contribution in [2.24, 2.45) is 0 Å². The van der Waals surface area contributed by atoms with Gasteiger partial charge in [0.05, 0.1) is 19.3 Å². The summed E-state index contributed by atoms with van der Waals surface area (Å²) >= 11 is 0. The van der Waals surface area contributed by atoms with Crippen LogP contribution in [-0.4, -0.2) is 62.0 Å². The van der Waals surface area contributed by atoms with Gasteiger partial charge in [-0.3, -0.25) is 0 Å². The maximum Gasteiger partial charge on any atom is 0.316 e. The molecule has 0 aliphatic rings. The van der Waals surface area contributed by atoms with Gasteiger partial charge < -0.3 is 16.4 Å². The Labute approximate surface area is 196 Å². The van der Waals surface area contributed by atoms with Crippen molar-refractivity contribution in [3.63, 3.8) is 0 Å². The van der Waals surface area contributed by atoms with Gasteiger partial charge in [-0.15, -0.1) is 0 Å². The molecule has 2 nitrogen and oxygen atoms in total. The second kappa shape index (κ2) is 12.1. The van der Waals surface area contributed by atoms with Gasteiger partial charge in [0.25, 0.3) is 11.8 Å². The second-order valence-corrected chi connectivity index (χ2v) is 6.67. The first-order valence-electron chi connectivity index (χ1n) is 8.46. The largest absolute Gasteiger partial charge is 0.407 e. The summed E-state index contributed by atoms with van der Waals surface area (Å²) in [5.41, 5.74) is 0. The van der Waals surface area contributed by atoms with Crippen LogP contribution in [0.2, 0.25) is 0 Å². The zero-order valence-corrected chi connectivity index (χ0v) is 19.1. The molecule has 0 aliphatic heterocycles. The van der Waals surface area contributed by atoms with Crippen molar-refractivity contribution < 1.29 is 94.9 Å². The average molecular weight is 562 g/mol. The van der Waals surface area contributed by atoms with Gasteiger partial charge >= 0.3 is 23.7 Å². The Hall–Kier alpha value is 0.184. The first kappa shape index (κ1) is 33.4. The number of rotatable bonds is 15. The zero-order chi connectivity index (χ0) is 24.1. The predicted molar refractivity (Wildman–Crippen MR) is 80.8 cm³/mol. The van der Waals surface area contributed by atoms with Crippen LogP contribution in [0.25, 0.3) is 0 Å². The first-order chi connectivity index (χ1) is 13.2. The number of alkyl halides is 12. The van der Waals surface area contributed by atoms with E-state index < -0.39 is 74.6 Å². The van der Waals surface area contributed by atoms with Crippen molar-refractivity contribution in [1.82, 2.24) is 0 Å². The van der Waals surface area contributed by atoms with E-state index in [1.54, 1.807) is 0 Å². The molecule has 0 atom stereocenters. The van der Waals surface area contributed by atoms with E-state index in [2.05, 4.69) is 16.4 Å². The summed E-state index contributed by atoms with van der Waals surface area (Å²) in [5, 5.41) is 0. The molecule has 31 heavy (non-hydrogen) atoms. The molecule has 185 valence electrons. The van der Waals surface area contributed by atoms with Gasteiger partial charge in [0.15, 0.2) is 0 Å². The normalized spacial score (nSPS) is 14.5. The fourth-order valence-electron chi connectivity index (χ4n) is 2.14. The van der Waals surface area contributed by atoms with Crippen LogP contribution in [0.15, 0.2) is 0 Å². The number of halogens is 12. The van der Waals surface area contributed by atoms with Gasteiger partial charge in [-0.25, -0.2) is 17.6 Å². The standard InChI is InChI=1S/C16H21F12O2.Y/c1-3-5-30-10-12(19,20)7-14(23,24)16(27,28)8-15(25,26)13(21,22)6-11(17,18)9-29-4-2;/h2-10H2,1H3;/q-1;. The fraction of sp³-hybridized carbons (Fsp3) is 0.938. The van der Waals surface area contributed by atoms with E-state index in [9.17, 15) is 52.7 Å². The minimum atomic E-state index is -6.08. The molecule has 0 aromatic carbocycles. The third kappa shape index (κ3) is 10.8. The Balaban J connectivity index is 0. The number of hydrogen-bond donors (Lipinski definition) is 0. The Morgan fingerprint density at radius 1 is 0.581 bits per heavy atom. The second-order valence-electron chi connectivity index (χ2n) is 6.67. The number of hydrogen-bond acceptors (Lipinski definition) is 2. The van der Waals surface area contributed by atoms with Crippen LogP contribution in [0.1, 0.15) is 32.6 Å². The molecule has 15 heteroatoms. The Bertz CT molecular complexity index is 529. The van der Waals surface area contributed by atoms with E-state index >= 15 is 0 Å². The van der Waals surface area contributed by atoms with E-state index in [1.807, 2.05) is 0 Å². The van der Waals surface area contributed by atoms with Gasteiger partial charge in [0.2, 0.25) is 0 Å². The molecule has 0 fully saturated rings. The van der Waals surface area contributed by atoms with Crippen molar-refractivity contribution in [2.75, 3.05) is 26.4 Å². The first-order valence-corrected chi connectivity index (χ1v) is 8.46. The molecule has 0 unspecified atom stereocenters. The summed E-state index contributed by atoms with van der Waals surface area (Å²) in [6, 6.07) is 0. The quantitative estimate of drug-likeness (QED) is 0.134. The molecular weight excluding hydrogens is 541 g/mol. The fourth-order valence-corrected chi connectivity index (χ4v) is 2.14. The van der Waals surface area contributed by atoms with Crippen molar-refractivity contribution in [2.45, 2.75) is 68.1 Å². The molecule has 0 aromatic heterocycles. The third-order valence-electron chi connectivity index (χ3n) is 3.59. The van der Waals surface area contributed by atoms with E-state index in [-0.39, 0.29) is 45.7 Å². The Morgan fingerprint density at radius 2 is 0.903 bits per heavy atom. The molecule has 0 amide bonds. The molecule has 0 bridgehead atoms. The summed E-state index contributed by atoms with van der Waals surface area (Å²) in [4.78, 5) is 0. The number of ether oxygens (including phenoxy) is 2. The molecule has 0 heterocycles. The van der Waals surface area contributed by atoms with Gasteiger partial charge in [-0.05, 0) is 6.42 Å². The maximum atomic E-state index is 13.6. The van der Waals surface area contributed by atoms with Crippen LogP contribution in [0.3, 0.4) is 0 Å². The van der Waals surface area contributed by atoms with Gasteiger partial charge in [-0.2, -0.15) is 35.1 Å². The summed E-state index contributed by atoms with van der Waals surface area (Å²) in [6.07, 6.45) is -9.45. The van der Waals surface area contributed by atoms with Gasteiger partial charge in [-0.1, -0.05) is 13.5 Å². The Kier molecular flexibility index (Phi) is 13.0. The van der Waals surface area contributed by atoms with Crippen LogP contribution in [0, 0.1) is 6.92 Å². The molecule has 0 rings (SSSR count). The molecular formula is C16H21F12O2Y-. The van der Waals surface area contributed by atoms with E-state index in [4.69, 9.17) is 0 Å². The zero-order valence-electron chi connectivity index (χ0n) is 16.3. The van der Waals surface area contributed by atoms with Crippen LogP contribution >= 0.6 is 0 Å². The van der Waals surface area contributed by atoms with Gasteiger partial charge in [0.1, 0.15) is 13.2 Å². The van der Waals surface area contributed by atoms with E-state index in [1.165, 1.54) is 6.92 Å². The van der Waals surface area contributed by atoms with Gasteiger partial charge in [0, 0.05) is 39.3 Å². The van der Waals surface area contributed by atoms with Crippen LogP contribution in [-0.2, 0) is 42.2 Å². The monoisotopic (exact) mass is 562 g/mol. The van der Waals surface area contributed by atoms with Crippen LogP contribution in [0.5, 0.6) is 0 Å². The van der Waals surface area contributed by atoms with E-state index in [0.29, 0.717) is 0 Å². The molecule has 0 saturated carbocycles. The molecule has 0 N–H and O–H groups in total. The predicted octanol–water partition coefficient (Wildman–Crippen LogP) is 6.24. The smallest absolute Gasteiger partial charge is 0.316 e. The summed E-state index contributed by atoms with van der Waals surface area (Å²) < 4.78 is 170. The van der Waals surface area contributed by atoms with Crippen molar-refractivity contribution in [1.29, 1.82) is 0 Å². The molecule has 0 saturated heterocycles. The van der Waals surface area contributed by atoms with Crippen molar-refractivity contribution in [3.8, 4) is 0 Å². The average Bonchev–Trinajstić information content (AvgIpc) is 2.49. The van der Waals surface area contributed by atoms with Crippen molar-refractivity contribution in [3.05, 3.63) is 6.92 Å². The minimum absolute atomic E-state index is 0. The molecule has 0 aromatic rings. The van der Waals surface area contributed by atoms with E-state index in [0.717, 1.165) is 0 Å². The SMILES string of the molecule is [CH2-]COCC(F)(F)CC(F)(F)C(F)(F)CC(F)(F)C(F)(F)CC(F)(F)COCCC.[Y]. The maximum absolute atomic E-state index is 13.6. The molecule has 0 aliphatic carbocycles. The third-order valence-corrected chi connectivity index (χ3v) is 3.59. The minimum Gasteiger partial charge on any atom is -0.407 e. The topological polar surface area (TPSA) is 18.5 Å². The molecule has 0 spiro atoms. The summed E-state index contributed by atoms with van der Waals surface area (Å²) in [7, 11) is 0. The summed E-state index contributed by atoms with van der Waals surface area (Å²) in [5.74, 6) is -33.1. The van der Waals surface area contributed by atoms with Crippen molar-refractivity contribution >= 4 is 0 Å². The Morgan fingerprint density at radius 3 is 1.23 bits per heavy atom. The molecule has 1 radical (unpaired) electrons.